The van der Waals surface area contributed by atoms with Crippen LogP contribution >= 0.6 is 0 Å². The third-order valence-corrected chi connectivity index (χ3v) is 1.76. The Hall–Kier alpha value is -1.49. The van der Waals surface area contributed by atoms with Crippen molar-refractivity contribution in [3.05, 3.63) is 18.3 Å². The van der Waals surface area contributed by atoms with E-state index in [0.717, 1.165) is 17.8 Å². The summed E-state index contributed by atoms with van der Waals surface area (Å²) < 4.78 is 4.93. The minimum Gasteiger partial charge on any atom is -0.384 e. The zero-order chi connectivity index (χ0) is 9.10. The number of aromatic nitrogens is 4. The number of H-pyrrole nitrogens is 1. The summed E-state index contributed by atoms with van der Waals surface area (Å²) in [5.41, 5.74) is 1.57. The maximum Gasteiger partial charge on any atom is 0.180 e. The molecule has 2 heterocycles. The third kappa shape index (κ3) is 1.65. The van der Waals surface area contributed by atoms with Crippen LogP contribution in [0.3, 0.4) is 0 Å². The van der Waals surface area contributed by atoms with Crippen LogP contribution in [0, 0.1) is 0 Å². The molecule has 0 atom stereocenters. The van der Waals surface area contributed by atoms with Crippen molar-refractivity contribution in [1.82, 2.24) is 19.9 Å². The van der Waals surface area contributed by atoms with Gasteiger partial charge in [-0.2, -0.15) is 0 Å². The van der Waals surface area contributed by atoms with Gasteiger partial charge < -0.3 is 9.72 Å². The summed E-state index contributed by atoms with van der Waals surface area (Å²) in [7, 11) is 1.66. The minimum absolute atomic E-state index is 0.635. The van der Waals surface area contributed by atoms with Gasteiger partial charge in [-0.15, -0.1) is 0 Å². The number of hydrogen-bond acceptors (Lipinski definition) is 4. The summed E-state index contributed by atoms with van der Waals surface area (Å²) in [5, 5.41) is 0. The van der Waals surface area contributed by atoms with Crippen molar-refractivity contribution in [2.45, 2.75) is 6.42 Å². The Labute approximate surface area is 75.2 Å². The number of aromatic amines is 1. The molecule has 5 heteroatoms. The van der Waals surface area contributed by atoms with Crippen LogP contribution in [0.15, 0.2) is 12.5 Å². The highest BCUT2D eigenvalue weighted by molar-refractivity contribution is 5.67. The number of imidazole rings is 1. The largest absolute Gasteiger partial charge is 0.384 e. The zero-order valence-corrected chi connectivity index (χ0v) is 7.32. The van der Waals surface area contributed by atoms with Crippen molar-refractivity contribution in [3.63, 3.8) is 0 Å². The van der Waals surface area contributed by atoms with Gasteiger partial charge >= 0.3 is 0 Å². The van der Waals surface area contributed by atoms with E-state index in [9.17, 15) is 0 Å². The Kier molecular flexibility index (Phi) is 2.18. The number of nitrogens with zero attached hydrogens (tertiary/aromatic N) is 3. The van der Waals surface area contributed by atoms with E-state index in [2.05, 4.69) is 19.9 Å². The first-order chi connectivity index (χ1) is 6.40. The van der Waals surface area contributed by atoms with Gasteiger partial charge in [0.1, 0.15) is 11.3 Å². The highest BCUT2D eigenvalue weighted by Crippen LogP contribution is 2.03. The predicted octanol–water partition coefficient (Wildman–Crippen LogP) is 0.542. The average molecular weight is 178 g/mol. The molecule has 0 fully saturated rings. The lowest BCUT2D eigenvalue weighted by Gasteiger charge is -1.97. The van der Waals surface area contributed by atoms with Gasteiger partial charge in [0.2, 0.25) is 0 Å². The molecule has 0 spiro atoms. The van der Waals surface area contributed by atoms with E-state index in [1.54, 1.807) is 19.6 Å². The molecule has 0 saturated heterocycles. The van der Waals surface area contributed by atoms with Crippen molar-refractivity contribution in [1.29, 1.82) is 0 Å². The Balaban J connectivity index is 2.26. The molecule has 0 bridgehead atoms. The van der Waals surface area contributed by atoms with Crippen LogP contribution < -0.4 is 0 Å². The first-order valence-electron chi connectivity index (χ1n) is 4.04. The number of fused-ring (bicyclic) bond motifs is 1. The second-order valence-corrected chi connectivity index (χ2v) is 2.67. The summed E-state index contributed by atoms with van der Waals surface area (Å²) in [4.78, 5) is 15.4. The van der Waals surface area contributed by atoms with E-state index in [1.807, 2.05) is 0 Å². The summed E-state index contributed by atoms with van der Waals surface area (Å²) >= 11 is 0. The van der Waals surface area contributed by atoms with Crippen LogP contribution in [0.5, 0.6) is 0 Å². The molecule has 0 aliphatic carbocycles. The standard InChI is InChI=1S/C8H10N4O/c1-13-3-2-7-9-4-6-8(12-7)11-5-10-6/h4-5H,2-3H2,1H3,(H,9,10,11,12). The Morgan fingerprint density at radius 1 is 1.46 bits per heavy atom. The van der Waals surface area contributed by atoms with Crippen LogP contribution in [0.25, 0.3) is 11.2 Å². The van der Waals surface area contributed by atoms with Gasteiger partial charge in [-0.05, 0) is 0 Å². The number of rotatable bonds is 3. The van der Waals surface area contributed by atoms with Crippen molar-refractivity contribution < 1.29 is 4.74 Å². The normalized spacial score (nSPS) is 10.8. The molecule has 0 aromatic carbocycles. The minimum atomic E-state index is 0.635. The van der Waals surface area contributed by atoms with Gasteiger partial charge in [0.05, 0.1) is 19.1 Å². The number of methoxy groups -OCH3 is 1. The fourth-order valence-corrected chi connectivity index (χ4v) is 1.09. The van der Waals surface area contributed by atoms with E-state index in [4.69, 9.17) is 4.74 Å². The van der Waals surface area contributed by atoms with Crippen LogP contribution in [0.1, 0.15) is 5.82 Å². The molecule has 0 radical (unpaired) electrons. The van der Waals surface area contributed by atoms with E-state index >= 15 is 0 Å². The van der Waals surface area contributed by atoms with Gasteiger partial charge in [-0.3, -0.25) is 0 Å². The second-order valence-electron chi connectivity index (χ2n) is 2.67. The van der Waals surface area contributed by atoms with Crippen molar-refractivity contribution in [3.8, 4) is 0 Å². The monoisotopic (exact) mass is 178 g/mol. The average Bonchev–Trinajstić information content (AvgIpc) is 2.61. The molecule has 5 nitrogen and oxygen atoms in total. The van der Waals surface area contributed by atoms with Gasteiger partial charge in [0, 0.05) is 13.5 Å². The van der Waals surface area contributed by atoms with E-state index in [1.165, 1.54) is 0 Å². The fraction of sp³-hybridized carbons (Fsp3) is 0.375. The zero-order valence-electron chi connectivity index (χ0n) is 7.32. The van der Waals surface area contributed by atoms with Gasteiger partial charge in [-0.1, -0.05) is 0 Å². The molecule has 13 heavy (non-hydrogen) atoms. The summed E-state index contributed by atoms with van der Waals surface area (Å²) in [6.45, 7) is 0.635. The van der Waals surface area contributed by atoms with Crippen molar-refractivity contribution >= 4 is 11.2 Å². The molecule has 0 aliphatic heterocycles. The third-order valence-electron chi connectivity index (χ3n) is 1.76. The van der Waals surface area contributed by atoms with Gasteiger partial charge in [0.25, 0.3) is 0 Å². The lowest BCUT2D eigenvalue weighted by Crippen LogP contribution is -2.00. The van der Waals surface area contributed by atoms with Crippen molar-refractivity contribution in [2.75, 3.05) is 13.7 Å². The smallest absolute Gasteiger partial charge is 0.180 e. The van der Waals surface area contributed by atoms with E-state index in [-0.39, 0.29) is 0 Å². The van der Waals surface area contributed by atoms with Crippen molar-refractivity contribution in [2.24, 2.45) is 0 Å². The molecule has 2 aromatic heterocycles. The number of ether oxygens (including phenoxy) is 1. The van der Waals surface area contributed by atoms with Crippen LogP contribution in [0.2, 0.25) is 0 Å². The fourth-order valence-electron chi connectivity index (χ4n) is 1.09. The molecule has 0 amide bonds. The highest BCUT2D eigenvalue weighted by Gasteiger charge is 2.00. The molecule has 68 valence electrons. The summed E-state index contributed by atoms with van der Waals surface area (Å²) in [6.07, 6.45) is 4.07. The molecule has 2 aromatic rings. The first kappa shape index (κ1) is 8.12. The lowest BCUT2D eigenvalue weighted by atomic mass is 10.4. The Bertz CT molecular complexity index is 398. The molecule has 0 aliphatic rings. The SMILES string of the molecule is COCCc1ncc2[nH]cnc2n1. The Morgan fingerprint density at radius 2 is 2.38 bits per heavy atom. The summed E-state index contributed by atoms with van der Waals surface area (Å²) in [6, 6.07) is 0. The maximum atomic E-state index is 4.93. The second kappa shape index (κ2) is 3.49. The molecule has 0 saturated carbocycles. The molecule has 2 rings (SSSR count). The molecular formula is C8H10N4O. The van der Waals surface area contributed by atoms with Crippen LogP contribution in [-0.4, -0.2) is 33.7 Å². The molecule has 0 unspecified atom stereocenters. The van der Waals surface area contributed by atoms with E-state index in [0.29, 0.717) is 12.3 Å². The predicted molar refractivity (Wildman–Crippen MR) is 47.3 cm³/mol. The number of nitrogens with one attached hydrogen (secondary N) is 1. The van der Waals surface area contributed by atoms with Gasteiger partial charge in [0.15, 0.2) is 5.65 Å². The number of hydrogen-bond donors (Lipinski definition) is 1. The molecular weight excluding hydrogens is 168 g/mol. The topological polar surface area (TPSA) is 63.7 Å². The van der Waals surface area contributed by atoms with Crippen LogP contribution in [-0.2, 0) is 11.2 Å². The van der Waals surface area contributed by atoms with Gasteiger partial charge in [-0.25, -0.2) is 15.0 Å². The molecule has 1 N–H and O–H groups in total. The van der Waals surface area contributed by atoms with E-state index < -0.39 is 0 Å². The van der Waals surface area contributed by atoms with Crippen LogP contribution in [0.4, 0.5) is 0 Å². The lowest BCUT2D eigenvalue weighted by molar-refractivity contribution is 0.200. The summed E-state index contributed by atoms with van der Waals surface area (Å²) in [5.74, 6) is 0.765. The quantitative estimate of drug-likeness (QED) is 0.745. The first-order valence-corrected chi connectivity index (χ1v) is 4.04. The Morgan fingerprint density at radius 3 is 3.23 bits per heavy atom. The highest BCUT2D eigenvalue weighted by atomic mass is 16.5. The maximum absolute atomic E-state index is 4.93.